The molecule has 2 aliphatic rings. The van der Waals surface area contributed by atoms with E-state index in [9.17, 15) is 4.79 Å². The van der Waals surface area contributed by atoms with Gasteiger partial charge in [0.05, 0.1) is 5.41 Å². The van der Waals surface area contributed by atoms with Crippen molar-refractivity contribution in [2.75, 3.05) is 31.1 Å². The predicted molar refractivity (Wildman–Crippen MR) is 86.1 cm³/mol. The number of nitrogens with zero attached hydrogens (tertiary/aromatic N) is 4. The summed E-state index contributed by atoms with van der Waals surface area (Å²) in [5.41, 5.74) is -0.209. The second kappa shape index (κ2) is 5.35. The molecule has 0 spiro atoms. The molecule has 22 heavy (non-hydrogen) atoms. The lowest BCUT2D eigenvalue weighted by Gasteiger charge is -2.36. The van der Waals surface area contributed by atoms with E-state index in [1.807, 2.05) is 17.0 Å². The molecule has 0 unspecified atom stereocenters. The summed E-state index contributed by atoms with van der Waals surface area (Å²) in [6.07, 6.45) is 5.51. The molecule has 4 rings (SSSR count). The van der Waals surface area contributed by atoms with Gasteiger partial charge in [-0.3, -0.25) is 4.79 Å². The highest BCUT2D eigenvalue weighted by Gasteiger charge is 2.54. The number of aromatic nitrogens is 2. The summed E-state index contributed by atoms with van der Waals surface area (Å²) in [5.74, 6) is 1.07. The van der Waals surface area contributed by atoms with E-state index in [0.717, 1.165) is 45.0 Å². The van der Waals surface area contributed by atoms with Gasteiger partial charge < -0.3 is 9.80 Å². The molecule has 0 radical (unpaired) electrons. The first-order valence-electron chi connectivity index (χ1n) is 7.65. The average molecular weight is 314 g/mol. The van der Waals surface area contributed by atoms with Gasteiger partial charge in [0.1, 0.15) is 0 Å². The summed E-state index contributed by atoms with van der Waals surface area (Å²) in [5, 5.41) is 2.06. The Morgan fingerprint density at radius 3 is 2.41 bits per heavy atom. The minimum absolute atomic E-state index is 0.209. The van der Waals surface area contributed by atoms with Crippen LogP contribution in [0, 0.1) is 0 Å². The number of carbonyl (C=O) groups excluding carboxylic acids is 1. The second-order valence-corrected chi connectivity index (χ2v) is 6.84. The summed E-state index contributed by atoms with van der Waals surface area (Å²) in [7, 11) is 0. The van der Waals surface area contributed by atoms with Gasteiger partial charge in [0.15, 0.2) is 0 Å². The van der Waals surface area contributed by atoms with Crippen LogP contribution in [0.2, 0.25) is 0 Å². The molecule has 6 heteroatoms. The third-order valence-electron chi connectivity index (χ3n) is 4.55. The Hall–Kier alpha value is -1.95. The highest BCUT2D eigenvalue weighted by atomic mass is 32.1. The summed E-state index contributed by atoms with van der Waals surface area (Å²) in [4.78, 5) is 26.9. The number of carbonyl (C=O) groups is 1. The van der Waals surface area contributed by atoms with Crippen LogP contribution in [0.4, 0.5) is 5.95 Å². The highest BCUT2D eigenvalue weighted by Crippen LogP contribution is 2.51. The van der Waals surface area contributed by atoms with Crippen LogP contribution >= 0.6 is 11.3 Å². The van der Waals surface area contributed by atoms with Crippen molar-refractivity contribution in [2.24, 2.45) is 0 Å². The van der Waals surface area contributed by atoms with Crippen LogP contribution in [0.15, 0.2) is 36.0 Å². The molecule has 2 aromatic heterocycles. The van der Waals surface area contributed by atoms with Crippen LogP contribution in [0.25, 0.3) is 0 Å². The third kappa shape index (κ3) is 2.27. The number of amides is 1. The Labute approximate surface area is 133 Å². The average Bonchev–Trinajstić information content (AvgIpc) is 3.21. The molecule has 1 saturated heterocycles. The van der Waals surface area contributed by atoms with Gasteiger partial charge >= 0.3 is 0 Å². The first-order chi connectivity index (χ1) is 10.8. The molecule has 5 nitrogen and oxygen atoms in total. The van der Waals surface area contributed by atoms with Crippen molar-refractivity contribution >= 4 is 23.2 Å². The van der Waals surface area contributed by atoms with E-state index in [1.165, 1.54) is 4.88 Å². The van der Waals surface area contributed by atoms with Crippen LogP contribution in [0.5, 0.6) is 0 Å². The zero-order valence-electron chi connectivity index (χ0n) is 12.3. The van der Waals surface area contributed by atoms with Gasteiger partial charge in [0, 0.05) is 43.4 Å². The van der Waals surface area contributed by atoms with Crippen molar-refractivity contribution < 1.29 is 4.79 Å². The lowest BCUT2D eigenvalue weighted by Crippen LogP contribution is -2.51. The molecule has 0 bridgehead atoms. The first-order valence-corrected chi connectivity index (χ1v) is 8.53. The number of thiophene rings is 1. The fraction of sp³-hybridized carbons (Fsp3) is 0.438. The maximum atomic E-state index is 12.9. The highest BCUT2D eigenvalue weighted by molar-refractivity contribution is 7.10. The molecule has 1 amide bonds. The number of hydrogen-bond donors (Lipinski definition) is 0. The number of anilines is 1. The van der Waals surface area contributed by atoms with Crippen molar-refractivity contribution in [3.8, 4) is 0 Å². The maximum absolute atomic E-state index is 12.9. The van der Waals surface area contributed by atoms with Gasteiger partial charge in [-0.1, -0.05) is 6.07 Å². The number of rotatable bonds is 3. The molecule has 2 fully saturated rings. The van der Waals surface area contributed by atoms with Crippen LogP contribution in [0.3, 0.4) is 0 Å². The van der Waals surface area contributed by atoms with Gasteiger partial charge in [-0.05, 0) is 30.4 Å². The van der Waals surface area contributed by atoms with Gasteiger partial charge in [0.2, 0.25) is 11.9 Å². The quantitative estimate of drug-likeness (QED) is 0.868. The lowest BCUT2D eigenvalue weighted by atomic mass is 10.0. The van der Waals surface area contributed by atoms with Crippen LogP contribution in [-0.4, -0.2) is 47.0 Å². The van der Waals surface area contributed by atoms with Crippen LogP contribution in [-0.2, 0) is 10.2 Å². The number of hydrogen-bond acceptors (Lipinski definition) is 5. The lowest BCUT2D eigenvalue weighted by molar-refractivity contribution is -0.134. The third-order valence-corrected chi connectivity index (χ3v) is 5.63. The first kappa shape index (κ1) is 13.7. The van der Waals surface area contributed by atoms with E-state index in [2.05, 4.69) is 26.3 Å². The van der Waals surface area contributed by atoms with Gasteiger partial charge in [-0.15, -0.1) is 11.3 Å². The molecular formula is C16H18N4OS. The fourth-order valence-electron chi connectivity index (χ4n) is 3.11. The molecule has 0 aromatic carbocycles. The van der Waals surface area contributed by atoms with Gasteiger partial charge in [0.25, 0.3) is 0 Å². The smallest absolute Gasteiger partial charge is 0.234 e. The summed E-state index contributed by atoms with van der Waals surface area (Å²) < 4.78 is 0. The van der Waals surface area contributed by atoms with Crippen molar-refractivity contribution in [3.05, 3.63) is 40.8 Å². The van der Waals surface area contributed by atoms with Crippen molar-refractivity contribution in [3.63, 3.8) is 0 Å². The molecule has 1 aliphatic carbocycles. The molecule has 0 atom stereocenters. The van der Waals surface area contributed by atoms with Crippen molar-refractivity contribution in [1.29, 1.82) is 0 Å². The Bertz CT molecular complexity index is 646. The minimum atomic E-state index is -0.209. The topological polar surface area (TPSA) is 49.3 Å². The normalized spacial score (nSPS) is 20.0. The SMILES string of the molecule is O=C(N1CCN(c2ncccn2)CC1)C1(c2cccs2)CC1. The van der Waals surface area contributed by atoms with E-state index in [-0.39, 0.29) is 5.41 Å². The maximum Gasteiger partial charge on any atom is 0.234 e. The van der Waals surface area contributed by atoms with Crippen LogP contribution < -0.4 is 4.90 Å². The predicted octanol–water partition coefficient (Wildman–Crippen LogP) is 1.92. The zero-order chi connectivity index (χ0) is 15.0. The van der Waals surface area contributed by atoms with E-state index < -0.39 is 0 Å². The Balaban J connectivity index is 1.43. The van der Waals surface area contributed by atoms with E-state index in [0.29, 0.717) is 5.91 Å². The Kier molecular flexibility index (Phi) is 3.33. The summed E-state index contributed by atoms with van der Waals surface area (Å²) in [6, 6.07) is 5.96. The standard InChI is InChI=1S/C16H18N4OS/c21-14(16(4-5-16)13-3-1-12-22-13)19-8-10-20(11-9-19)15-17-6-2-7-18-15/h1-3,6-7,12H,4-5,8-11H2. The van der Waals surface area contributed by atoms with E-state index >= 15 is 0 Å². The second-order valence-electron chi connectivity index (χ2n) is 5.89. The summed E-state index contributed by atoms with van der Waals surface area (Å²) >= 11 is 1.70. The monoisotopic (exact) mass is 314 g/mol. The fourth-order valence-corrected chi connectivity index (χ4v) is 4.09. The number of piperazine rings is 1. The minimum Gasteiger partial charge on any atom is -0.338 e. The Morgan fingerprint density at radius 2 is 1.82 bits per heavy atom. The van der Waals surface area contributed by atoms with Gasteiger partial charge in [-0.2, -0.15) is 0 Å². The zero-order valence-corrected chi connectivity index (χ0v) is 13.1. The molecule has 3 heterocycles. The molecule has 114 valence electrons. The molecule has 2 aromatic rings. The van der Waals surface area contributed by atoms with Crippen molar-refractivity contribution in [1.82, 2.24) is 14.9 Å². The van der Waals surface area contributed by atoms with Crippen molar-refractivity contribution in [2.45, 2.75) is 18.3 Å². The van der Waals surface area contributed by atoms with E-state index in [4.69, 9.17) is 0 Å². The largest absolute Gasteiger partial charge is 0.338 e. The molecule has 1 saturated carbocycles. The summed E-state index contributed by atoms with van der Waals surface area (Å²) in [6.45, 7) is 3.11. The van der Waals surface area contributed by atoms with E-state index in [1.54, 1.807) is 23.7 Å². The van der Waals surface area contributed by atoms with Crippen LogP contribution in [0.1, 0.15) is 17.7 Å². The molecule has 0 N–H and O–H groups in total. The van der Waals surface area contributed by atoms with Gasteiger partial charge in [-0.25, -0.2) is 9.97 Å². The Morgan fingerprint density at radius 1 is 1.09 bits per heavy atom. The molecular weight excluding hydrogens is 296 g/mol. The molecule has 1 aliphatic heterocycles.